The van der Waals surface area contributed by atoms with E-state index in [1.807, 2.05) is 18.2 Å². The van der Waals surface area contributed by atoms with E-state index < -0.39 is 11.9 Å². The Bertz CT molecular complexity index is 663. The first kappa shape index (κ1) is 14.2. The number of halogens is 2. The van der Waals surface area contributed by atoms with Crippen LogP contribution in [-0.2, 0) is 0 Å². The Labute approximate surface area is 127 Å². The largest absolute Gasteiger partial charge is 0.490 e. The Morgan fingerprint density at radius 1 is 1.10 bits per heavy atom. The molecule has 1 atom stereocenters. The molecule has 0 saturated carbocycles. The smallest absolute Gasteiger partial charge is 0.161 e. The van der Waals surface area contributed by atoms with Crippen LogP contribution in [0.25, 0.3) is 0 Å². The highest BCUT2D eigenvalue weighted by atomic mass is 35.5. The van der Waals surface area contributed by atoms with Gasteiger partial charge >= 0.3 is 0 Å². The van der Waals surface area contributed by atoms with Crippen LogP contribution in [-0.4, -0.2) is 13.2 Å². The fourth-order valence-corrected chi connectivity index (χ4v) is 2.56. The van der Waals surface area contributed by atoms with E-state index >= 15 is 0 Å². The first-order chi connectivity index (χ1) is 10.2. The monoisotopic (exact) mass is 307 g/mol. The molecule has 1 heterocycles. The third-order valence-corrected chi connectivity index (χ3v) is 3.85. The summed E-state index contributed by atoms with van der Waals surface area (Å²) in [5.41, 5.74) is 7.56. The second kappa shape index (κ2) is 5.92. The zero-order valence-corrected chi connectivity index (χ0v) is 12.1. The molecule has 2 aromatic rings. The minimum absolute atomic E-state index is 0.0529. The third-order valence-electron chi connectivity index (χ3n) is 3.45. The van der Waals surface area contributed by atoms with E-state index in [4.69, 9.17) is 26.8 Å². The van der Waals surface area contributed by atoms with E-state index in [2.05, 4.69) is 0 Å². The van der Waals surface area contributed by atoms with Crippen molar-refractivity contribution in [1.82, 2.24) is 0 Å². The average molecular weight is 308 g/mol. The van der Waals surface area contributed by atoms with Gasteiger partial charge in [0.1, 0.15) is 5.82 Å². The SMILES string of the molecule is NC(c1ccc2c(c1)OCCCO2)c1cccc(F)c1Cl. The Balaban J connectivity index is 1.96. The lowest BCUT2D eigenvalue weighted by molar-refractivity contribution is 0.297. The van der Waals surface area contributed by atoms with Gasteiger partial charge < -0.3 is 15.2 Å². The van der Waals surface area contributed by atoms with Crippen molar-refractivity contribution in [2.24, 2.45) is 5.73 Å². The molecule has 0 saturated heterocycles. The lowest BCUT2D eigenvalue weighted by atomic mass is 9.99. The first-order valence-electron chi connectivity index (χ1n) is 6.76. The summed E-state index contributed by atoms with van der Waals surface area (Å²) in [4.78, 5) is 0. The number of fused-ring (bicyclic) bond motifs is 1. The summed E-state index contributed by atoms with van der Waals surface area (Å²) < 4.78 is 24.8. The van der Waals surface area contributed by atoms with Gasteiger partial charge in [0.15, 0.2) is 11.5 Å². The fourth-order valence-electron chi connectivity index (χ4n) is 2.31. The van der Waals surface area contributed by atoms with Crippen LogP contribution in [0, 0.1) is 5.82 Å². The lowest BCUT2D eigenvalue weighted by Gasteiger charge is -2.16. The molecule has 5 heteroatoms. The Kier molecular flexibility index (Phi) is 3.99. The predicted molar refractivity (Wildman–Crippen MR) is 79.5 cm³/mol. The molecule has 0 spiro atoms. The molecule has 110 valence electrons. The number of ether oxygens (including phenoxy) is 2. The van der Waals surface area contributed by atoms with Crippen LogP contribution in [0.5, 0.6) is 11.5 Å². The molecule has 3 nitrogen and oxygen atoms in total. The third kappa shape index (κ3) is 2.82. The van der Waals surface area contributed by atoms with Gasteiger partial charge in [-0.2, -0.15) is 0 Å². The molecule has 0 radical (unpaired) electrons. The van der Waals surface area contributed by atoms with Crippen molar-refractivity contribution in [2.45, 2.75) is 12.5 Å². The van der Waals surface area contributed by atoms with Crippen molar-refractivity contribution < 1.29 is 13.9 Å². The zero-order valence-electron chi connectivity index (χ0n) is 11.3. The van der Waals surface area contributed by atoms with Gasteiger partial charge in [0, 0.05) is 6.42 Å². The van der Waals surface area contributed by atoms with Crippen molar-refractivity contribution in [3.63, 3.8) is 0 Å². The molecule has 2 aromatic carbocycles. The van der Waals surface area contributed by atoms with E-state index in [0.29, 0.717) is 30.3 Å². The summed E-state index contributed by atoms with van der Waals surface area (Å²) in [7, 11) is 0. The van der Waals surface area contributed by atoms with Gasteiger partial charge in [-0.3, -0.25) is 0 Å². The van der Waals surface area contributed by atoms with E-state index in [-0.39, 0.29) is 5.02 Å². The molecule has 21 heavy (non-hydrogen) atoms. The Morgan fingerprint density at radius 2 is 1.86 bits per heavy atom. The van der Waals surface area contributed by atoms with Gasteiger partial charge in [-0.15, -0.1) is 0 Å². The summed E-state index contributed by atoms with van der Waals surface area (Å²) in [5, 5.41) is 0.0529. The molecule has 2 N–H and O–H groups in total. The molecule has 0 fully saturated rings. The minimum atomic E-state index is -0.523. The van der Waals surface area contributed by atoms with Gasteiger partial charge in [0.2, 0.25) is 0 Å². The highest BCUT2D eigenvalue weighted by Gasteiger charge is 2.18. The maximum absolute atomic E-state index is 13.6. The van der Waals surface area contributed by atoms with Crippen LogP contribution in [0.3, 0.4) is 0 Å². The first-order valence-corrected chi connectivity index (χ1v) is 7.13. The van der Waals surface area contributed by atoms with Crippen molar-refractivity contribution in [3.05, 3.63) is 58.4 Å². The summed E-state index contributed by atoms with van der Waals surface area (Å²) >= 11 is 6.00. The maximum Gasteiger partial charge on any atom is 0.161 e. The Hall–Kier alpha value is -1.78. The molecule has 0 amide bonds. The van der Waals surface area contributed by atoms with Gasteiger partial charge in [0.25, 0.3) is 0 Å². The molecular formula is C16H15ClFNO2. The van der Waals surface area contributed by atoms with Crippen LogP contribution < -0.4 is 15.2 Å². The predicted octanol–water partition coefficient (Wildman–Crippen LogP) is 3.69. The molecule has 1 aliphatic rings. The molecule has 0 aliphatic carbocycles. The standard InChI is InChI=1S/C16H15ClFNO2/c17-15-11(3-1-4-12(15)18)16(19)10-5-6-13-14(9-10)21-8-2-7-20-13/h1,3-6,9,16H,2,7-8,19H2. The number of rotatable bonds is 2. The molecule has 1 unspecified atom stereocenters. The highest BCUT2D eigenvalue weighted by Crippen LogP contribution is 2.35. The zero-order chi connectivity index (χ0) is 14.8. The lowest BCUT2D eigenvalue weighted by Crippen LogP contribution is -2.13. The van der Waals surface area contributed by atoms with Crippen molar-refractivity contribution in [1.29, 1.82) is 0 Å². The van der Waals surface area contributed by atoms with Gasteiger partial charge in [0.05, 0.1) is 24.3 Å². The number of nitrogens with two attached hydrogens (primary N) is 1. The van der Waals surface area contributed by atoms with Crippen molar-refractivity contribution in [3.8, 4) is 11.5 Å². The van der Waals surface area contributed by atoms with E-state index in [1.54, 1.807) is 12.1 Å². The van der Waals surface area contributed by atoms with E-state index in [0.717, 1.165) is 12.0 Å². The average Bonchev–Trinajstić information content (AvgIpc) is 2.74. The Morgan fingerprint density at radius 3 is 2.67 bits per heavy atom. The van der Waals surface area contributed by atoms with Gasteiger partial charge in [-0.05, 0) is 29.3 Å². The quantitative estimate of drug-likeness (QED) is 0.920. The van der Waals surface area contributed by atoms with Gasteiger partial charge in [-0.25, -0.2) is 4.39 Å². The number of hydrogen-bond donors (Lipinski definition) is 1. The maximum atomic E-state index is 13.6. The van der Waals surface area contributed by atoms with Gasteiger partial charge in [-0.1, -0.05) is 29.8 Å². The molecular weight excluding hydrogens is 293 g/mol. The second-order valence-corrected chi connectivity index (χ2v) is 5.26. The topological polar surface area (TPSA) is 44.5 Å². The van der Waals surface area contributed by atoms with E-state index in [9.17, 15) is 4.39 Å². The van der Waals surface area contributed by atoms with Crippen LogP contribution in [0.15, 0.2) is 36.4 Å². The van der Waals surface area contributed by atoms with Crippen LogP contribution in [0.4, 0.5) is 4.39 Å². The van der Waals surface area contributed by atoms with Crippen LogP contribution in [0.2, 0.25) is 5.02 Å². The van der Waals surface area contributed by atoms with Crippen LogP contribution in [0.1, 0.15) is 23.6 Å². The van der Waals surface area contributed by atoms with E-state index in [1.165, 1.54) is 6.07 Å². The van der Waals surface area contributed by atoms with Crippen molar-refractivity contribution in [2.75, 3.05) is 13.2 Å². The summed E-state index contributed by atoms with van der Waals surface area (Å²) in [6, 6.07) is 9.60. The second-order valence-electron chi connectivity index (χ2n) is 4.88. The van der Waals surface area contributed by atoms with Crippen LogP contribution >= 0.6 is 11.6 Å². The summed E-state index contributed by atoms with van der Waals surface area (Å²) in [6.07, 6.45) is 0.839. The van der Waals surface area contributed by atoms with Crippen molar-refractivity contribution >= 4 is 11.6 Å². The fraction of sp³-hybridized carbons (Fsp3) is 0.250. The molecule has 0 aromatic heterocycles. The normalized spacial score (nSPS) is 15.4. The number of benzene rings is 2. The minimum Gasteiger partial charge on any atom is -0.490 e. The molecule has 3 rings (SSSR count). The summed E-state index contributed by atoms with van der Waals surface area (Å²) in [6.45, 7) is 1.24. The number of hydrogen-bond acceptors (Lipinski definition) is 3. The summed E-state index contributed by atoms with van der Waals surface area (Å²) in [5.74, 6) is 0.890. The molecule has 0 bridgehead atoms. The molecule has 1 aliphatic heterocycles. The highest BCUT2D eigenvalue weighted by molar-refractivity contribution is 6.31.